The molecule has 0 aromatic rings. The molecule has 6 heteroatoms. The molecular formula is C5H11NO3P2. The van der Waals surface area contributed by atoms with Crippen molar-refractivity contribution in [2.45, 2.75) is 18.6 Å². The fourth-order valence-corrected chi connectivity index (χ4v) is 1.79. The van der Waals surface area contributed by atoms with E-state index in [-0.39, 0.29) is 12.0 Å². The number of rotatable bonds is 1. The van der Waals surface area contributed by atoms with Gasteiger partial charge in [-0.15, -0.1) is 0 Å². The van der Waals surface area contributed by atoms with Crippen LogP contribution in [0.4, 0.5) is 0 Å². The van der Waals surface area contributed by atoms with Gasteiger partial charge in [-0.1, -0.05) is 9.39 Å². The van der Waals surface area contributed by atoms with E-state index in [1.807, 2.05) is 9.47 Å². The van der Waals surface area contributed by atoms with Gasteiger partial charge in [-0.05, 0) is 0 Å². The summed E-state index contributed by atoms with van der Waals surface area (Å²) in [6.45, 7) is 0.509. The minimum absolute atomic E-state index is 0.313. The first kappa shape index (κ1) is 9.34. The second-order valence-electron chi connectivity index (χ2n) is 2.54. The maximum Gasteiger partial charge on any atom is 0.325 e. The summed E-state index contributed by atoms with van der Waals surface area (Å²) in [6.07, 6.45) is 0.0399. The molecule has 1 N–H and O–H groups in total. The van der Waals surface area contributed by atoms with E-state index in [1.165, 1.54) is 0 Å². The molecule has 0 aromatic heterocycles. The van der Waals surface area contributed by atoms with Gasteiger partial charge in [-0.25, -0.2) is 0 Å². The highest BCUT2D eigenvalue weighted by atomic mass is 31.0. The molecule has 1 aliphatic rings. The van der Waals surface area contributed by atoms with Gasteiger partial charge in [0.05, 0.1) is 15.6 Å². The van der Waals surface area contributed by atoms with Crippen LogP contribution in [0.2, 0.25) is 0 Å². The van der Waals surface area contributed by atoms with Crippen molar-refractivity contribution in [2.24, 2.45) is 0 Å². The van der Waals surface area contributed by atoms with Crippen molar-refractivity contribution in [1.82, 2.24) is 4.67 Å². The lowest BCUT2D eigenvalue weighted by atomic mass is 10.2. The smallest absolute Gasteiger partial charge is 0.325 e. The first-order valence-electron chi connectivity index (χ1n) is 3.25. The highest BCUT2D eigenvalue weighted by Gasteiger charge is 2.34. The number of nitrogens with zero attached hydrogens (tertiary/aromatic N) is 1. The molecule has 1 fully saturated rings. The lowest BCUT2D eigenvalue weighted by Crippen LogP contribution is -2.28. The van der Waals surface area contributed by atoms with Gasteiger partial charge in [-0.2, -0.15) is 0 Å². The van der Waals surface area contributed by atoms with Crippen LogP contribution < -0.4 is 0 Å². The van der Waals surface area contributed by atoms with Crippen molar-refractivity contribution in [2.75, 3.05) is 6.54 Å². The van der Waals surface area contributed by atoms with Crippen LogP contribution in [0.3, 0.4) is 0 Å². The average Bonchev–Trinajstić information content (AvgIpc) is 2.28. The van der Waals surface area contributed by atoms with Crippen molar-refractivity contribution >= 4 is 24.8 Å². The molecule has 64 valence electrons. The fraction of sp³-hybridized carbons (Fsp3) is 0.800. The Labute approximate surface area is 69.8 Å². The zero-order chi connectivity index (χ0) is 8.43. The maximum atomic E-state index is 11.0. The van der Waals surface area contributed by atoms with Crippen LogP contribution in [-0.4, -0.2) is 34.4 Å². The molecule has 0 spiro atoms. The SMILES string of the molecule is O=C(OP)C1CC(O)CN1P. The van der Waals surface area contributed by atoms with E-state index >= 15 is 0 Å². The summed E-state index contributed by atoms with van der Waals surface area (Å²) in [5, 5.41) is 9.14. The molecule has 0 aliphatic carbocycles. The van der Waals surface area contributed by atoms with Gasteiger partial charge in [0.2, 0.25) is 0 Å². The normalized spacial score (nSPS) is 32.3. The molecule has 0 amide bonds. The van der Waals surface area contributed by atoms with Crippen LogP contribution in [0.15, 0.2) is 0 Å². The fourth-order valence-electron chi connectivity index (χ4n) is 1.15. The first-order chi connectivity index (χ1) is 5.15. The van der Waals surface area contributed by atoms with E-state index in [9.17, 15) is 4.79 Å². The quantitative estimate of drug-likeness (QED) is 0.575. The Morgan fingerprint density at radius 3 is 2.73 bits per heavy atom. The lowest BCUT2D eigenvalue weighted by molar-refractivity contribution is -0.136. The van der Waals surface area contributed by atoms with Gasteiger partial charge in [0, 0.05) is 13.0 Å². The number of aliphatic hydroxyl groups is 1. The number of β-amino-alcohol motifs (C(OH)–C–C–N with tert-alkyl or cyclic N) is 1. The Kier molecular flexibility index (Phi) is 3.20. The molecule has 1 heterocycles. The monoisotopic (exact) mass is 195 g/mol. The summed E-state index contributed by atoms with van der Waals surface area (Å²) in [6, 6.07) is -0.313. The van der Waals surface area contributed by atoms with E-state index in [0.717, 1.165) is 0 Å². The van der Waals surface area contributed by atoms with Crippen molar-refractivity contribution in [3.63, 3.8) is 0 Å². The third-order valence-electron chi connectivity index (χ3n) is 1.71. The maximum absolute atomic E-state index is 11.0. The van der Waals surface area contributed by atoms with E-state index in [1.54, 1.807) is 4.67 Å². The third kappa shape index (κ3) is 2.09. The summed E-state index contributed by atoms with van der Waals surface area (Å²) < 4.78 is 6.17. The highest BCUT2D eigenvalue weighted by molar-refractivity contribution is 7.13. The molecule has 0 radical (unpaired) electrons. The highest BCUT2D eigenvalue weighted by Crippen LogP contribution is 2.22. The largest absolute Gasteiger partial charge is 0.450 e. The minimum atomic E-state index is -0.415. The van der Waals surface area contributed by atoms with E-state index in [4.69, 9.17) is 5.11 Å². The molecule has 11 heavy (non-hydrogen) atoms. The van der Waals surface area contributed by atoms with Gasteiger partial charge in [0.25, 0.3) is 0 Å². The molecule has 0 saturated carbocycles. The molecule has 4 unspecified atom stereocenters. The second kappa shape index (κ2) is 3.77. The van der Waals surface area contributed by atoms with Gasteiger partial charge in [-0.3, -0.25) is 9.46 Å². The topological polar surface area (TPSA) is 49.8 Å². The van der Waals surface area contributed by atoms with Gasteiger partial charge >= 0.3 is 5.97 Å². The van der Waals surface area contributed by atoms with E-state index < -0.39 is 6.10 Å². The van der Waals surface area contributed by atoms with Crippen LogP contribution >= 0.6 is 18.9 Å². The molecule has 1 saturated heterocycles. The average molecular weight is 195 g/mol. The zero-order valence-electron chi connectivity index (χ0n) is 5.93. The van der Waals surface area contributed by atoms with Gasteiger partial charge < -0.3 is 9.63 Å². The van der Waals surface area contributed by atoms with Gasteiger partial charge in [0.15, 0.2) is 0 Å². The Hall–Kier alpha value is 0.250. The summed E-state index contributed by atoms with van der Waals surface area (Å²) in [5.74, 6) is -0.318. The third-order valence-corrected chi connectivity index (χ3v) is 2.51. The molecule has 0 bridgehead atoms. The summed E-state index contributed by atoms with van der Waals surface area (Å²) in [4.78, 5) is 11.0. The Bertz CT molecular complexity index is 166. The number of aliphatic hydroxyl groups excluding tert-OH is 1. The summed E-state index contributed by atoms with van der Waals surface area (Å²) in [7, 11) is 4.31. The molecular weight excluding hydrogens is 184 g/mol. The number of carbonyl (C=O) groups excluding carboxylic acids is 1. The Morgan fingerprint density at radius 1 is 1.73 bits per heavy atom. The van der Waals surface area contributed by atoms with E-state index in [2.05, 4.69) is 13.9 Å². The number of carbonyl (C=O) groups is 1. The first-order valence-corrected chi connectivity index (χ1v) is 4.24. The van der Waals surface area contributed by atoms with Crippen molar-refractivity contribution in [3.05, 3.63) is 0 Å². The minimum Gasteiger partial charge on any atom is -0.450 e. The molecule has 0 aromatic carbocycles. The molecule has 1 aliphatic heterocycles. The van der Waals surface area contributed by atoms with Crippen molar-refractivity contribution in [3.8, 4) is 0 Å². The number of hydrogen-bond donors (Lipinski definition) is 1. The van der Waals surface area contributed by atoms with Crippen LogP contribution in [0.1, 0.15) is 6.42 Å². The van der Waals surface area contributed by atoms with Crippen LogP contribution in [-0.2, 0) is 9.32 Å². The predicted molar refractivity (Wildman–Crippen MR) is 46.6 cm³/mol. The Morgan fingerprint density at radius 2 is 2.36 bits per heavy atom. The molecule has 4 atom stereocenters. The molecule has 4 nitrogen and oxygen atoms in total. The standard InChI is InChI=1S/C5H11NO3P2/c7-3-1-4(5(8)9-11)6(10)2-3/h3-4,7H,1-2,10-11H2. The predicted octanol–water partition coefficient (Wildman–Crippen LogP) is -0.455. The Balaban J connectivity index is 2.52. The lowest BCUT2D eigenvalue weighted by Gasteiger charge is -2.14. The van der Waals surface area contributed by atoms with Gasteiger partial charge in [0.1, 0.15) is 6.04 Å². The summed E-state index contributed by atoms with van der Waals surface area (Å²) in [5.41, 5.74) is 0. The van der Waals surface area contributed by atoms with E-state index in [0.29, 0.717) is 13.0 Å². The second-order valence-corrected chi connectivity index (χ2v) is 3.44. The van der Waals surface area contributed by atoms with Crippen molar-refractivity contribution < 1.29 is 14.4 Å². The van der Waals surface area contributed by atoms with Crippen molar-refractivity contribution in [1.29, 1.82) is 0 Å². The zero-order valence-corrected chi connectivity index (χ0v) is 8.24. The molecule has 1 rings (SSSR count). The van der Waals surface area contributed by atoms with Crippen LogP contribution in [0.25, 0.3) is 0 Å². The van der Waals surface area contributed by atoms with Crippen LogP contribution in [0.5, 0.6) is 0 Å². The van der Waals surface area contributed by atoms with Crippen LogP contribution in [0, 0.1) is 0 Å². The number of hydrogen-bond acceptors (Lipinski definition) is 4. The summed E-state index contributed by atoms with van der Waals surface area (Å²) >= 11 is 0.